The van der Waals surface area contributed by atoms with Crippen molar-refractivity contribution in [1.82, 2.24) is 19.7 Å². The maximum absolute atomic E-state index is 12.5. The van der Waals surface area contributed by atoms with Crippen LogP contribution in [0.4, 0.5) is 0 Å². The molecule has 22 heavy (non-hydrogen) atoms. The predicted octanol–water partition coefficient (Wildman–Crippen LogP) is 2.32. The van der Waals surface area contributed by atoms with Gasteiger partial charge in [0.1, 0.15) is 6.04 Å². The van der Waals surface area contributed by atoms with E-state index >= 15 is 0 Å². The summed E-state index contributed by atoms with van der Waals surface area (Å²) >= 11 is 0. The molecule has 0 radical (unpaired) electrons. The van der Waals surface area contributed by atoms with Gasteiger partial charge in [0.05, 0.1) is 0 Å². The number of carbonyl (C=O) groups is 1. The first-order valence-electron chi connectivity index (χ1n) is 7.91. The Morgan fingerprint density at radius 2 is 2.14 bits per heavy atom. The minimum atomic E-state index is -0.218. The molecule has 2 aromatic rings. The Labute approximate surface area is 131 Å². The molecule has 0 aromatic carbocycles. The molecule has 5 nitrogen and oxygen atoms in total. The van der Waals surface area contributed by atoms with E-state index in [0.717, 1.165) is 32.4 Å². The molecule has 0 N–H and O–H groups in total. The van der Waals surface area contributed by atoms with Crippen LogP contribution in [0.1, 0.15) is 31.4 Å². The summed E-state index contributed by atoms with van der Waals surface area (Å²) in [4.78, 5) is 18.7. The highest BCUT2D eigenvalue weighted by Gasteiger charge is 2.27. The summed E-state index contributed by atoms with van der Waals surface area (Å²) in [5.41, 5.74) is 1.29. The Morgan fingerprint density at radius 1 is 1.32 bits per heavy atom. The van der Waals surface area contributed by atoms with Crippen LogP contribution in [-0.2, 0) is 11.2 Å². The average Bonchev–Trinajstić information content (AvgIpc) is 3.10. The van der Waals surface area contributed by atoms with Crippen molar-refractivity contribution in [1.29, 1.82) is 0 Å². The highest BCUT2D eigenvalue weighted by atomic mass is 16.2. The van der Waals surface area contributed by atoms with Crippen molar-refractivity contribution >= 4 is 5.91 Å². The Bertz CT molecular complexity index is 588. The van der Waals surface area contributed by atoms with Crippen molar-refractivity contribution in [2.45, 2.75) is 32.2 Å². The SMILES string of the molecule is C[C@H](C(=O)N1CCC(Cc2cccnc2)CC1)n1cccn1. The van der Waals surface area contributed by atoms with E-state index in [1.807, 2.05) is 36.4 Å². The van der Waals surface area contributed by atoms with Crippen LogP contribution in [0.15, 0.2) is 43.0 Å². The largest absolute Gasteiger partial charge is 0.341 e. The van der Waals surface area contributed by atoms with Crippen LogP contribution in [0.3, 0.4) is 0 Å². The standard InChI is InChI=1S/C17H22N4O/c1-14(21-9-3-8-19-21)17(22)20-10-5-15(6-11-20)12-16-4-2-7-18-13-16/h2-4,7-9,13-15H,5-6,10-12H2,1H3/t14-/m1/s1. The molecule has 1 fully saturated rings. The number of likely N-dealkylation sites (tertiary alicyclic amines) is 1. The van der Waals surface area contributed by atoms with Crippen LogP contribution in [0.5, 0.6) is 0 Å². The zero-order valence-electron chi connectivity index (χ0n) is 12.9. The molecule has 3 heterocycles. The van der Waals surface area contributed by atoms with E-state index in [0.29, 0.717) is 5.92 Å². The molecule has 1 aliphatic rings. The second-order valence-electron chi connectivity index (χ2n) is 6.00. The fraction of sp³-hybridized carbons (Fsp3) is 0.471. The topological polar surface area (TPSA) is 51.0 Å². The molecular weight excluding hydrogens is 276 g/mol. The molecule has 0 bridgehead atoms. The lowest BCUT2D eigenvalue weighted by atomic mass is 9.90. The second-order valence-corrected chi connectivity index (χ2v) is 6.00. The fourth-order valence-electron chi connectivity index (χ4n) is 3.10. The van der Waals surface area contributed by atoms with Gasteiger partial charge < -0.3 is 4.90 Å². The van der Waals surface area contributed by atoms with Crippen molar-refractivity contribution in [3.8, 4) is 0 Å². The quantitative estimate of drug-likeness (QED) is 0.870. The van der Waals surface area contributed by atoms with Crippen molar-refractivity contribution in [3.05, 3.63) is 48.5 Å². The Morgan fingerprint density at radius 3 is 2.77 bits per heavy atom. The summed E-state index contributed by atoms with van der Waals surface area (Å²) in [7, 11) is 0. The lowest BCUT2D eigenvalue weighted by Gasteiger charge is -2.33. The van der Waals surface area contributed by atoms with Gasteiger partial charge in [-0.2, -0.15) is 5.10 Å². The molecule has 0 unspecified atom stereocenters. The van der Waals surface area contributed by atoms with E-state index in [4.69, 9.17) is 0 Å². The Balaban J connectivity index is 1.52. The lowest BCUT2D eigenvalue weighted by Crippen LogP contribution is -2.42. The van der Waals surface area contributed by atoms with Gasteiger partial charge in [0.25, 0.3) is 0 Å². The number of piperidine rings is 1. The van der Waals surface area contributed by atoms with E-state index in [-0.39, 0.29) is 11.9 Å². The molecular formula is C17H22N4O. The molecule has 1 amide bonds. The number of pyridine rings is 1. The maximum atomic E-state index is 12.5. The summed E-state index contributed by atoms with van der Waals surface area (Å²) < 4.78 is 1.73. The number of nitrogens with zero attached hydrogens (tertiary/aromatic N) is 4. The van der Waals surface area contributed by atoms with Crippen molar-refractivity contribution < 1.29 is 4.79 Å². The Hall–Kier alpha value is -2.17. The average molecular weight is 298 g/mol. The summed E-state index contributed by atoms with van der Waals surface area (Å²) in [5.74, 6) is 0.816. The van der Waals surface area contributed by atoms with Crippen LogP contribution in [0, 0.1) is 5.92 Å². The smallest absolute Gasteiger partial charge is 0.247 e. The van der Waals surface area contributed by atoms with Gasteiger partial charge in [-0.05, 0) is 49.8 Å². The Kier molecular flexibility index (Phi) is 4.51. The first-order chi connectivity index (χ1) is 10.7. The van der Waals surface area contributed by atoms with E-state index in [2.05, 4.69) is 16.1 Å². The number of aromatic nitrogens is 3. The summed E-state index contributed by atoms with van der Waals surface area (Å²) in [6.07, 6.45) is 10.5. The minimum absolute atomic E-state index is 0.170. The van der Waals surface area contributed by atoms with Gasteiger partial charge in [-0.3, -0.25) is 14.5 Å². The van der Waals surface area contributed by atoms with Crippen LogP contribution in [-0.4, -0.2) is 38.7 Å². The van der Waals surface area contributed by atoms with Gasteiger partial charge in [-0.25, -0.2) is 0 Å². The van der Waals surface area contributed by atoms with Gasteiger partial charge in [0.15, 0.2) is 0 Å². The van der Waals surface area contributed by atoms with Crippen molar-refractivity contribution in [3.63, 3.8) is 0 Å². The summed E-state index contributed by atoms with van der Waals surface area (Å²) in [6, 6.07) is 5.75. The van der Waals surface area contributed by atoms with Gasteiger partial charge in [0.2, 0.25) is 5.91 Å². The first kappa shape index (κ1) is 14.8. The highest BCUT2D eigenvalue weighted by Crippen LogP contribution is 2.23. The molecule has 0 aliphatic carbocycles. The third-order valence-electron chi connectivity index (χ3n) is 4.45. The summed E-state index contributed by atoms with van der Waals surface area (Å²) in [5, 5.41) is 4.17. The molecule has 3 rings (SSSR count). The molecule has 2 aromatic heterocycles. The fourth-order valence-corrected chi connectivity index (χ4v) is 3.10. The molecule has 0 spiro atoms. The van der Waals surface area contributed by atoms with E-state index in [9.17, 15) is 4.79 Å². The number of amides is 1. The highest BCUT2D eigenvalue weighted by molar-refractivity contribution is 5.80. The zero-order valence-corrected chi connectivity index (χ0v) is 12.9. The van der Waals surface area contributed by atoms with Crippen LogP contribution >= 0.6 is 0 Å². The number of rotatable bonds is 4. The molecule has 116 valence electrons. The molecule has 1 saturated heterocycles. The number of hydrogen-bond acceptors (Lipinski definition) is 3. The van der Waals surface area contributed by atoms with Gasteiger partial charge >= 0.3 is 0 Å². The van der Waals surface area contributed by atoms with Gasteiger partial charge in [-0.15, -0.1) is 0 Å². The molecule has 1 aliphatic heterocycles. The first-order valence-corrected chi connectivity index (χ1v) is 7.91. The number of carbonyl (C=O) groups excluding carboxylic acids is 1. The van der Waals surface area contributed by atoms with Crippen molar-refractivity contribution in [2.75, 3.05) is 13.1 Å². The van der Waals surface area contributed by atoms with Crippen LogP contribution in [0.25, 0.3) is 0 Å². The molecule has 1 atom stereocenters. The predicted molar refractivity (Wildman–Crippen MR) is 84.2 cm³/mol. The third kappa shape index (κ3) is 3.35. The van der Waals surface area contributed by atoms with Crippen LogP contribution < -0.4 is 0 Å². The molecule has 0 saturated carbocycles. The van der Waals surface area contributed by atoms with Gasteiger partial charge in [-0.1, -0.05) is 6.07 Å². The number of hydrogen-bond donors (Lipinski definition) is 0. The van der Waals surface area contributed by atoms with E-state index < -0.39 is 0 Å². The summed E-state index contributed by atoms with van der Waals surface area (Å²) in [6.45, 7) is 3.60. The third-order valence-corrected chi connectivity index (χ3v) is 4.45. The normalized spacial score (nSPS) is 17.4. The van der Waals surface area contributed by atoms with E-state index in [1.165, 1.54) is 5.56 Å². The van der Waals surface area contributed by atoms with E-state index in [1.54, 1.807) is 17.1 Å². The molecule has 5 heteroatoms. The van der Waals surface area contributed by atoms with Crippen LogP contribution in [0.2, 0.25) is 0 Å². The zero-order chi connectivity index (χ0) is 15.4. The second kappa shape index (κ2) is 6.73. The maximum Gasteiger partial charge on any atom is 0.247 e. The lowest BCUT2D eigenvalue weighted by molar-refractivity contribution is -0.136. The minimum Gasteiger partial charge on any atom is -0.341 e. The monoisotopic (exact) mass is 298 g/mol. The van der Waals surface area contributed by atoms with Crippen molar-refractivity contribution in [2.24, 2.45) is 5.92 Å². The van der Waals surface area contributed by atoms with Gasteiger partial charge in [0, 0.05) is 37.9 Å².